The monoisotopic (exact) mass is 387 g/mol. The van der Waals surface area contributed by atoms with Gasteiger partial charge in [-0.15, -0.1) is 0 Å². The third-order valence-electron chi connectivity index (χ3n) is 5.10. The topological polar surface area (TPSA) is 105 Å². The molecule has 1 aromatic carbocycles. The van der Waals surface area contributed by atoms with Gasteiger partial charge in [0, 0.05) is 18.1 Å². The Morgan fingerprint density at radius 1 is 1.48 bits per heavy atom. The molecule has 2 aromatic rings. The molecule has 0 spiro atoms. The normalized spacial score (nSPS) is 17.9. The molecular formula is C19H22ClN5O2. The lowest BCUT2D eigenvalue weighted by atomic mass is 9.90. The number of H-pyrrole nitrogens is 1. The van der Waals surface area contributed by atoms with Crippen molar-refractivity contribution in [2.45, 2.75) is 31.9 Å². The number of halogens is 1. The summed E-state index contributed by atoms with van der Waals surface area (Å²) in [6, 6.07) is 6.52. The Balaban J connectivity index is 1.54. The van der Waals surface area contributed by atoms with E-state index in [-0.39, 0.29) is 17.9 Å². The number of imidazole rings is 1. The fraction of sp³-hybridized carbons (Fsp3) is 0.421. The molecule has 2 heterocycles. The van der Waals surface area contributed by atoms with Crippen molar-refractivity contribution in [2.75, 3.05) is 18.4 Å². The maximum atomic E-state index is 12.6. The van der Waals surface area contributed by atoms with Crippen molar-refractivity contribution in [3.8, 4) is 6.07 Å². The zero-order chi connectivity index (χ0) is 19.4. The van der Waals surface area contributed by atoms with Gasteiger partial charge in [0.1, 0.15) is 18.0 Å². The summed E-state index contributed by atoms with van der Waals surface area (Å²) < 4.78 is 0. The fourth-order valence-corrected chi connectivity index (χ4v) is 3.60. The van der Waals surface area contributed by atoms with Gasteiger partial charge in [-0.1, -0.05) is 11.6 Å². The number of piperidine rings is 1. The number of nitriles is 1. The third kappa shape index (κ3) is 4.48. The van der Waals surface area contributed by atoms with E-state index in [4.69, 9.17) is 16.9 Å². The van der Waals surface area contributed by atoms with Crippen LogP contribution in [0.15, 0.2) is 30.6 Å². The van der Waals surface area contributed by atoms with Gasteiger partial charge in [-0.2, -0.15) is 5.26 Å². The fourth-order valence-electron chi connectivity index (χ4n) is 3.38. The van der Waals surface area contributed by atoms with E-state index < -0.39 is 6.10 Å². The van der Waals surface area contributed by atoms with Crippen molar-refractivity contribution in [1.82, 2.24) is 14.9 Å². The number of aromatic amines is 1. The summed E-state index contributed by atoms with van der Waals surface area (Å²) >= 11 is 6.01. The lowest BCUT2D eigenvalue weighted by molar-refractivity contribution is -0.121. The van der Waals surface area contributed by atoms with Crippen LogP contribution in [-0.2, 0) is 4.79 Å². The summed E-state index contributed by atoms with van der Waals surface area (Å²) in [6.45, 7) is 3.32. The Bertz CT molecular complexity index is 825. The molecule has 8 heteroatoms. The molecule has 1 fully saturated rings. The molecule has 7 nitrogen and oxygen atoms in total. The number of hydrogen-bond donors (Lipinski definition) is 3. The lowest BCUT2D eigenvalue weighted by Crippen LogP contribution is -2.46. The molecule has 1 saturated heterocycles. The Kier molecular flexibility index (Phi) is 6.11. The molecule has 0 radical (unpaired) electrons. The molecule has 3 rings (SSSR count). The highest BCUT2D eigenvalue weighted by molar-refractivity contribution is 6.32. The molecule has 1 aliphatic heterocycles. The number of likely N-dealkylation sites (tertiary alicyclic amines) is 1. The quantitative estimate of drug-likeness (QED) is 0.731. The van der Waals surface area contributed by atoms with E-state index in [1.807, 2.05) is 13.0 Å². The number of nitrogens with zero attached hydrogens (tertiary/aromatic N) is 3. The van der Waals surface area contributed by atoms with Crippen LogP contribution in [0.25, 0.3) is 0 Å². The third-order valence-corrected chi connectivity index (χ3v) is 5.42. The molecule has 142 valence electrons. The number of carbonyl (C=O) groups excluding carboxylic acids is 1. The van der Waals surface area contributed by atoms with Gasteiger partial charge in [-0.3, -0.25) is 9.69 Å². The Hall–Kier alpha value is -2.40. The number of aliphatic hydroxyl groups excluding tert-OH is 1. The summed E-state index contributed by atoms with van der Waals surface area (Å²) in [5, 5.41) is 22.5. The number of aromatic nitrogens is 2. The molecule has 0 saturated carbocycles. The van der Waals surface area contributed by atoms with Crippen LogP contribution in [-0.4, -0.2) is 45.0 Å². The number of hydrogen-bond acceptors (Lipinski definition) is 5. The summed E-state index contributed by atoms with van der Waals surface area (Å²) in [5.41, 5.74) is 0.943. The predicted molar refractivity (Wildman–Crippen MR) is 102 cm³/mol. The summed E-state index contributed by atoms with van der Waals surface area (Å²) in [6.07, 6.45) is 4.32. The molecule has 1 amide bonds. The first-order valence-electron chi connectivity index (χ1n) is 8.91. The van der Waals surface area contributed by atoms with Crippen molar-refractivity contribution in [3.05, 3.63) is 47.0 Å². The molecule has 1 aliphatic rings. The average molecular weight is 388 g/mol. The predicted octanol–water partition coefficient (Wildman–Crippen LogP) is 2.71. The highest BCUT2D eigenvalue weighted by Crippen LogP contribution is 2.30. The minimum absolute atomic E-state index is 0.124. The first-order chi connectivity index (χ1) is 13.0. The number of anilines is 1. The minimum Gasteiger partial charge on any atom is -0.385 e. The summed E-state index contributed by atoms with van der Waals surface area (Å²) in [4.78, 5) is 21.7. The summed E-state index contributed by atoms with van der Waals surface area (Å²) in [7, 11) is 0. The largest absolute Gasteiger partial charge is 0.385 e. The molecule has 27 heavy (non-hydrogen) atoms. The number of amides is 1. The number of aliphatic hydroxyl groups is 1. The zero-order valence-electron chi connectivity index (χ0n) is 15.0. The van der Waals surface area contributed by atoms with Gasteiger partial charge >= 0.3 is 0 Å². The average Bonchev–Trinajstić information content (AvgIpc) is 3.22. The van der Waals surface area contributed by atoms with Crippen molar-refractivity contribution in [2.24, 2.45) is 5.92 Å². The SMILES string of the molecule is CC(C(=O)Nc1ccc(C#N)c(Cl)c1)N1CCC(C(O)c2ncc[nH]2)CC1. The van der Waals surface area contributed by atoms with Crippen LogP contribution in [0.1, 0.15) is 37.3 Å². The van der Waals surface area contributed by atoms with E-state index in [0.717, 1.165) is 25.9 Å². The second-order valence-corrected chi connectivity index (χ2v) is 7.17. The van der Waals surface area contributed by atoms with Crippen molar-refractivity contribution in [3.63, 3.8) is 0 Å². The van der Waals surface area contributed by atoms with Gasteiger partial charge in [-0.25, -0.2) is 4.98 Å². The van der Waals surface area contributed by atoms with Gasteiger partial charge in [0.15, 0.2) is 0 Å². The maximum absolute atomic E-state index is 12.6. The van der Waals surface area contributed by atoms with Crippen LogP contribution < -0.4 is 5.32 Å². The maximum Gasteiger partial charge on any atom is 0.241 e. The molecule has 0 bridgehead atoms. The number of nitrogens with one attached hydrogen (secondary N) is 2. The number of benzene rings is 1. The van der Waals surface area contributed by atoms with Crippen LogP contribution in [0.3, 0.4) is 0 Å². The summed E-state index contributed by atoms with van der Waals surface area (Å²) in [5.74, 6) is 0.595. The van der Waals surface area contributed by atoms with Gasteiger partial charge in [0.2, 0.25) is 5.91 Å². The van der Waals surface area contributed by atoms with Crippen LogP contribution >= 0.6 is 11.6 Å². The second kappa shape index (κ2) is 8.53. The van der Waals surface area contributed by atoms with Gasteiger partial charge in [0.25, 0.3) is 0 Å². The van der Waals surface area contributed by atoms with Crippen molar-refractivity contribution < 1.29 is 9.90 Å². The van der Waals surface area contributed by atoms with E-state index in [9.17, 15) is 9.90 Å². The Morgan fingerprint density at radius 2 is 2.22 bits per heavy atom. The molecule has 1 aromatic heterocycles. The molecule has 2 unspecified atom stereocenters. The van der Waals surface area contributed by atoms with Crippen LogP contribution in [0.4, 0.5) is 5.69 Å². The Labute approximate surface area is 163 Å². The number of carbonyl (C=O) groups is 1. The van der Waals surface area contributed by atoms with E-state index >= 15 is 0 Å². The first kappa shape index (κ1) is 19.4. The van der Waals surface area contributed by atoms with Gasteiger partial charge in [0.05, 0.1) is 16.6 Å². The molecular weight excluding hydrogens is 366 g/mol. The van der Waals surface area contributed by atoms with E-state index in [1.165, 1.54) is 0 Å². The highest BCUT2D eigenvalue weighted by atomic mass is 35.5. The van der Waals surface area contributed by atoms with Crippen LogP contribution in [0.5, 0.6) is 0 Å². The standard InChI is InChI=1S/C19H22ClN5O2/c1-12(19(27)24-15-3-2-14(11-21)16(20)10-15)25-8-4-13(5-9-25)17(26)18-22-6-7-23-18/h2-3,6-7,10,12-13,17,26H,4-5,8-9H2,1H3,(H,22,23)(H,24,27). The lowest BCUT2D eigenvalue weighted by Gasteiger charge is -2.36. The minimum atomic E-state index is -0.605. The first-order valence-corrected chi connectivity index (χ1v) is 9.29. The van der Waals surface area contributed by atoms with Crippen molar-refractivity contribution in [1.29, 1.82) is 5.26 Å². The van der Waals surface area contributed by atoms with Crippen molar-refractivity contribution >= 4 is 23.2 Å². The molecule has 0 aliphatic carbocycles. The van der Waals surface area contributed by atoms with Crippen LogP contribution in [0, 0.1) is 17.2 Å². The van der Waals surface area contributed by atoms with E-state index in [0.29, 0.717) is 22.1 Å². The van der Waals surface area contributed by atoms with E-state index in [1.54, 1.807) is 30.6 Å². The zero-order valence-corrected chi connectivity index (χ0v) is 15.8. The highest BCUT2D eigenvalue weighted by Gasteiger charge is 2.31. The van der Waals surface area contributed by atoms with Gasteiger partial charge in [-0.05, 0) is 57.0 Å². The second-order valence-electron chi connectivity index (χ2n) is 6.76. The number of rotatable bonds is 5. The molecule has 2 atom stereocenters. The van der Waals surface area contributed by atoms with E-state index in [2.05, 4.69) is 20.2 Å². The Morgan fingerprint density at radius 3 is 2.81 bits per heavy atom. The van der Waals surface area contributed by atoms with Gasteiger partial charge < -0.3 is 15.4 Å². The molecule has 3 N–H and O–H groups in total. The van der Waals surface area contributed by atoms with Crippen LogP contribution in [0.2, 0.25) is 5.02 Å². The smallest absolute Gasteiger partial charge is 0.241 e.